The molecule has 0 bridgehead atoms. The predicted molar refractivity (Wildman–Crippen MR) is 75.0 cm³/mol. The lowest BCUT2D eigenvalue weighted by atomic mass is 10.1. The topological polar surface area (TPSA) is 34.0 Å². The Bertz CT molecular complexity index is 476. The van der Waals surface area contributed by atoms with E-state index in [-0.39, 0.29) is 5.56 Å². The zero-order valence-electron chi connectivity index (χ0n) is 11.8. The molecular formula is C15H24N2O. The van der Waals surface area contributed by atoms with E-state index in [1.807, 2.05) is 4.57 Å². The van der Waals surface area contributed by atoms with Crippen LogP contribution in [0, 0.1) is 0 Å². The van der Waals surface area contributed by atoms with Crippen LogP contribution in [0.15, 0.2) is 10.9 Å². The van der Waals surface area contributed by atoms with Gasteiger partial charge in [-0.15, -0.1) is 0 Å². The highest BCUT2D eigenvalue weighted by atomic mass is 16.1. The molecule has 2 rings (SSSR count). The van der Waals surface area contributed by atoms with Gasteiger partial charge in [-0.1, -0.05) is 6.92 Å². The first-order valence-electron chi connectivity index (χ1n) is 7.15. The molecule has 0 spiro atoms. The Balaban J connectivity index is 2.29. The Labute approximate surface area is 109 Å². The van der Waals surface area contributed by atoms with Crippen LogP contribution in [0.2, 0.25) is 0 Å². The molecule has 0 amide bonds. The third-order valence-electron chi connectivity index (χ3n) is 3.99. The Morgan fingerprint density at radius 2 is 2.17 bits per heavy atom. The number of rotatable bonds is 5. The van der Waals surface area contributed by atoms with Crippen LogP contribution in [-0.2, 0) is 25.9 Å². The first kappa shape index (κ1) is 13.3. The zero-order chi connectivity index (χ0) is 13.1. The summed E-state index contributed by atoms with van der Waals surface area (Å²) in [5.74, 6) is 0. The van der Waals surface area contributed by atoms with Gasteiger partial charge in [0.15, 0.2) is 0 Å². The lowest BCUT2D eigenvalue weighted by Gasteiger charge is -2.15. The molecule has 0 saturated heterocycles. The maximum atomic E-state index is 12.4. The third kappa shape index (κ3) is 2.51. The number of pyridine rings is 1. The van der Waals surface area contributed by atoms with Crippen molar-refractivity contribution in [1.29, 1.82) is 0 Å². The van der Waals surface area contributed by atoms with Crippen LogP contribution in [0.25, 0.3) is 0 Å². The Hall–Kier alpha value is -1.09. The van der Waals surface area contributed by atoms with E-state index in [0.717, 1.165) is 31.4 Å². The molecule has 1 N–H and O–H groups in total. The fourth-order valence-corrected chi connectivity index (χ4v) is 2.67. The molecule has 0 fully saturated rings. The van der Waals surface area contributed by atoms with E-state index in [9.17, 15) is 4.79 Å². The average Bonchev–Trinajstić information content (AvgIpc) is 2.83. The van der Waals surface area contributed by atoms with Crippen LogP contribution in [-0.4, -0.2) is 10.6 Å². The van der Waals surface area contributed by atoms with Crippen molar-refractivity contribution in [3.63, 3.8) is 0 Å². The summed E-state index contributed by atoms with van der Waals surface area (Å²) in [6.07, 6.45) is 4.48. The van der Waals surface area contributed by atoms with Gasteiger partial charge in [0, 0.05) is 30.4 Å². The highest BCUT2D eigenvalue weighted by Crippen LogP contribution is 2.21. The number of fused-ring (bicyclic) bond motifs is 1. The van der Waals surface area contributed by atoms with E-state index in [2.05, 4.69) is 32.2 Å². The van der Waals surface area contributed by atoms with Crippen LogP contribution in [0.1, 0.15) is 50.4 Å². The summed E-state index contributed by atoms with van der Waals surface area (Å²) >= 11 is 0. The highest BCUT2D eigenvalue weighted by molar-refractivity contribution is 5.30. The minimum absolute atomic E-state index is 0.203. The maximum absolute atomic E-state index is 12.4. The summed E-state index contributed by atoms with van der Waals surface area (Å²) in [5.41, 5.74) is 3.79. The van der Waals surface area contributed by atoms with E-state index >= 15 is 0 Å². The van der Waals surface area contributed by atoms with Gasteiger partial charge in [-0.25, -0.2) is 0 Å². The van der Waals surface area contributed by atoms with E-state index in [1.165, 1.54) is 17.7 Å². The monoisotopic (exact) mass is 248 g/mol. The number of aromatic nitrogens is 1. The van der Waals surface area contributed by atoms with Gasteiger partial charge in [-0.2, -0.15) is 0 Å². The van der Waals surface area contributed by atoms with Crippen LogP contribution in [0.5, 0.6) is 0 Å². The lowest BCUT2D eigenvalue weighted by Crippen LogP contribution is -2.32. The molecule has 1 aliphatic carbocycles. The summed E-state index contributed by atoms with van der Waals surface area (Å²) in [6, 6.07) is 2.60. The minimum atomic E-state index is 0.203. The van der Waals surface area contributed by atoms with Gasteiger partial charge in [-0.05, 0) is 51.2 Å². The number of hydrogen-bond acceptors (Lipinski definition) is 2. The van der Waals surface area contributed by atoms with Crippen molar-refractivity contribution in [2.75, 3.05) is 0 Å². The normalized spacial score (nSPS) is 15.7. The molecule has 1 aromatic heterocycles. The molecule has 1 heterocycles. The molecule has 1 unspecified atom stereocenters. The van der Waals surface area contributed by atoms with Crippen LogP contribution >= 0.6 is 0 Å². The van der Waals surface area contributed by atoms with Crippen molar-refractivity contribution in [1.82, 2.24) is 9.88 Å². The van der Waals surface area contributed by atoms with E-state index in [1.54, 1.807) is 0 Å². The van der Waals surface area contributed by atoms with Gasteiger partial charge < -0.3 is 9.88 Å². The molecular weight excluding hydrogens is 224 g/mol. The maximum Gasteiger partial charge on any atom is 0.255 e. The van der Waals surface area contributed by atoms with Gasteiger partial charge >= 0.3 is 0 Å². The fourth-order valence-electron chi connectivity index (χ4n) is 2.67. The summed E-state index contributed by atoms with van der Waals surface area (Å²) in [6.45, 7) is 7.86. The van der Waals surface area contributed by atoms with E-state index in [4.69, 9.17) is 0 Å². The van der Waals surface area contributed by atoms with Crippen molar-refractivity contribution in [2.45, 2.75) is 65.6 Å². The molecule has 0 aromatic carbocycles. The van der Waals surface area contributed by atoms with Crippen LogP contribution in [0.3, 0.4) is 0 Å². The second kappa shape index (κ2) is 5.70. The number of aryl methyl sites for hydroxylation is 1. The zero-order valence-corrected chi connectivity index (χ0v) is 11.8. The van der Waals surface area contributed by atoms with Gasteiger partial charge in [0.25, 0.3) is 5.56 Å². The number of nitrogens with zero attached hydrogens (tertiary/aromatic N) is 1. The Morgan fingerprint density at radius 3 is 2.83 bits per heavy atom. The molecule has 1 aliphatic rings. The SMILES string of the molecule is CCC(C)NCc1cc2c(n(CC)c1=O)CCC2. The quantitative estimate of drug-likeness (QED) is 0.867. The Kier molecular flexibility index (Phi) is 4.23. The molecule has 0 radical (unpaired) electrons. The van der Waals surface area contributed by atoms with Crippen molar-refractivity contribution in [3.8, 4) is 0 Å². The van der Waals surface area contributed by atoms with Crippen molar-refractivity contribution < 1.29 is 0 Å². The highest BCUT2D eigenvalue weighted by Gasteiger charge is 2.18. The van der Waals surface area contributed by atoms with Crippen LogP contribution < -0.4 is 10.9 Å². The van der Waals surface area contributed by atoms with E-state index < -0.39 is 0 Å². The summed E-state index contributed by atoms with van der Waals surface area (Å²) in [5, 5.41) is 3.42. The van der Waals surface area contributed by atoms with Crippen molar-refractivity contribution in [2.24, 2.45) is 0 Å². The lowest BCUT2D eigenvalue weighted by molar-refractivity contribution is 0.528. The standard InChI is InChI=1S/C15H24N2O/c1-4-11(3)16-10-13-9-12-7-6-8-14(12)17(5-2)15(13)18/h9,11,16H,4-8,10H2,1-3H3. The Morgan fingerprint density at radius 1 is 1.39 bits per heavy atom. The van der Waals surface area contributed by atoms with Gasteiger partial charge in [0.05, 0.1) is 0 Å². The second-order valence-electron chi connectivity index (χ2n) is 5.23. The smallest absolute Gasteiger partial charge is 0.255 e. The summed E-state index contributed by atoms with van der Waals surface area (Å²) in [4.78, 5) is 12.4. The molecule has 0 saturated carbocycles. The van der Waals surface area contributed by atoms with Gasteiger partial charge in [0.2, 0.25) is 0 Å². The molecule has 1 atom stereocenters. The molecule has 100 valence electrons. The van der Waals surface area contributed by atoms with Crippen molar-refractivity contribution >= 4 is 0 Å². The van der Waals surface area contributed by atoms with E-state index in [0.29, 0.717) is 12.6 Å². The third-order valence-corrected chi connectivity index (χ3v) is 3.99. The predicted octanol–water partition coefficient (Wildman–Crippen LogP) is 2.25. The van der Waals surface area contributed by atoms with Gasteiger partial charge in [0.1, 0.15) is 0 Å². The fraction of sp³-hybridized carbons (Fsp3) is 0.667. The molecule has 3 heteroatoms. The van der Waals surface area contributed by atoms with Crippen LogP contribution in [0.4, 0.5) is 0 Å². The minimum Gasteiger partial charge on any atom is -0.312 e. The largest absolute Gasteiger partial charge is 0.312 e. The molecule has 3 nitrogen and oxygen atoms in total. The number of hydrogen-bond donors (Lipinski definition) is 1. The first-order valence-corrected chi connectivity index (χ1v) is 7.15. The molecule has 18 heavy (non-hydrogen) atoms. The first-order chi connectivity index (χ1) is 8.67. The molecule has 1 aromatic rings. The second-order valence-corrected chi connectivity index (χ2v) is 5.23. The van der Waals surface area contributed by atoms with Crippen molar-refractivity contribution in [3.05, 3.63) is 33.2 Å². The summed E-state index contributed by atoms with van der Waals surface area (Å²) in [7, 11) is 0. The number of nitrogens with one attached hydrogen (secondary N) is 1. The summed E-state index contributed by atoms with van der Waals surface area (Å²) < 4.78 is 1.97. The van der Waals surface area contributed by atoms with Gasteiger partial charge in [-0.3, -0.25) is 4.79 Å². The molecule has 0 aliphatic heterocycles. The average molecular weight is 248 g/mol.